The Labute approximate surface area is 105 Å². The SMILES string of the molecule is C=C(C)CCN(CC(=C)C)C(=O)OC(C)(C)C. The molecule has 17 heavy (non-hydrogen) atoms. The lowest BCUT2D eigenvalue weighted by Crippen LogP contribution is -2.38. The van der Waals surface area contributed by atoms with E-state index in [9.17, 15) is 4.79 Å². The summed E-state index contributed by atoms with van der Waals surface area (Å²) in [5.74, 6) is 0. The Bertz CT molecular complexity index is 300. The highest BCUT2D eigenvalue weighted by atomic mass is 16.6. The zero-order valence-corrected chi connectivity index (χ0v) is 11.8. The fourth-order valence-electron chi connectivity index (χ4n) is 1.21. The van der Waals surface area contributed by atoms with Gasteiger partial charge >= 0.3 is 6.09 Å². The fraction of sp³-hybridized carbons (Fsp3) is 0.643. The van der Waals surface area contributed by atoms with Crippen LogP contribution < -0.4 is 0 Å². The summed E-state index contributed by atoms with van der Waals surface area (Å²) in [5.41, 5.74) is 1.53. The summed E-state index contributed by atoms with van der Waals surface area (Å²) in [6.07, 6.45) is 0.494. The number of nitrogens with zero attached hydrogens (tertiary/aromatic N) is 1. The molecule has 0 heterocycles. The van der Waals surface area contributed by atoms with Gasteiger partial charge in [-0.3, -0.25) is 0 Å². The summed E-state index contributed by atoms with van der Waals surface area (Å²) in [6, 6.07) is 0. The number of amides is 1. The minimum Gasteiger partial charge on any atom is -0.444 e. The van der Waals surface area contributed by atoms with Crippen molar-refractivity contribution in [3.8, 4) is 0 Å². The Morgan fingerprint density at radius 2 is 1.71 bits per heavy atom. The van der Waals surface area contributed by atoms with Crippen molar-refractivity contribution < 1.29 is 9.53 Å². The van der Waals surface area contributed by atoms with Crippen LogP contribution in [0.4, 0.5) is 4.79 Å². The van der Waals surface area contributed by atoms with Crippen molar-refractivity contribution in [1.29, 1.82) is 0 Å². The first-order valence-electron chi connectivity index (χ1n) is 5.88. The molecule has 0 bridgehead atoms. The maximum atomic E-state index is 11.9. The van der Waals surface area contributed by atoms with E-state index in [4.69, 9.17) is 4.74 Å². The first kappa shape index (κ1) is 15.8. The maximum Gasteiger partial charge on any atom is 0.410 e. The number of carbonyl (C=O) groups is 1. The third-order valence-electron chi connectivity index (χ3n) is 1.92. The van der Waals surface area contributed by atoms with E-state index in [1.54, 1.807) is 4.90 Å². The van der Waals surface area contributed by atoms with Crippen molar-refractivity contribution in [2.45, 2.75) is 46.6 Å². The smallest absolute Gasteiger partial charge is 0.410 e. The van der Waals surface area contributed by atoms with Gasteiger partial charge in [-0.2, -0.15) is 0 Å². The molecule has 0 fully saturated rings. The maximum absolute atomic E-state index is 11.9. The zero-order chi connectivity index (χ0) is 13.6. The van der Waals surface area contributed by atoms with Crippen LogP contribution in [-0.2, 0) is 4.74 Å². The Hall–Kier alpha value is -1.25. The molecule has 98 valence electrons. The molecular weight excluding hydrogens is 214 g/mol. The summed E-state index contributed by atoms with van der Waals surface area (Å²) >= 11 is 0. The summed E-state index contributed by atoms with van der Waals surface area (Å²) in [6.45, 7) is 18.3. The van der Waals surface area contributed by atoms with E-state index in [1.807, 2.05) is 34.6 Å². The fourth-order valence-corrected chi connectivity index (χ4v) is 1.21. The van der Waals surface area contributed by atoms with Gasteiger partial charge in [-0.05, 0) is 41.0 Å². The van der Waals surface area contributed by atoms with Crippen molar-refractivity contribution in [2.75, 3.05) is 13.1 Å². The predicted molar refractivity (Wildman–Crippen MR) is 72.1 cm³/mol. The average Bonchev–Trinajstić information content (AvgIpc) is 2.08. The van der Waals surface area contributed by atoms with Gasteiger partial charge < -0.3 is 9.64 Å². The van der Waals surface area contributed by atoms with Gasteiger partial charge in [-0.1, -0.05) is 17.7 Å². The Kier molecular flexibility index (Phi) is 6.00. The molecule has 0 aromatic carbocycles. The average molecular weight is 239 g/mol. The highest BCUT2D eigenvalue weighted by molar-refractivity contribution is 5.68. The highest BCUT2D eigenvalue weighted by Gasteiger charge is 2.21. The van der Waals surface area contributed by atoms with Gasteiger partial charge in [0, 0.05) is 13.1 Å². The molecule has 0 unspecified atom stereocenters. The Morgan fingerprint density at radius 1 is 1.18 bits per heavy atom. The first-order chi connectivity index (χ1) is 7.61. The third kappa shape index (κ3) is 8.55. The van der Waals surface area contributed by atoms with Crippen LogP contribution in [0.3, 0.4) is 0 Å². The normalized spacial score (nSPS) is 10.9. The van der Waals surface area contributed by atoms with Crippen molar-refractivity contribution in [3.05, 3.63) is 24.3 Å². The van der Waals surface area contributed by atoms with Crippen LogP contribution in [0, 0.1) is 0 Å². The monoisotopic (exact) mass is 239 g/mol. The van der Waals surface area contributed by atoms with Crippen LogP contribution in [0.25, 0.3) is 0 Å². The van der Waals surface area contributed by atoms with Crippen LogP contribution in [0.2, 0.25) is 0 Å². The molecule has 1 amide bonds. The van der Waals surface area contributed by atoms with Gasteiger partial charge in [0.25, 0.3) is 0 Å². The molecule has 0 aliphatic heterocycles. The van der Waals surface area contributed by atoms with E-state index >= 15 is 0 Å². The van der Waals surface area contributed by atoms with Crippen molar-refractivity contribution in [2.24, 2.45) is 0 Å². The quantitative estimate of drug-likeness (QED) is 0.683. The number of rotatable bonds is 5. The molecule has 0 rings (SSSR count). The second-order valence-corrected chi connectivity index (χ2v) is 5.57. The molecule has 0 aliphatic rings. The number of carbonyl (C=O) groups excluding carboxylic acids is 1. The van der Waals surface area contributed by atoms with Gasteiger partial charge in [0.2, 0.25) is 0 Å². The van der Waals surface area contributed by atoms with Gasteiger partial charge in [0.05, 0.1) is 0 Å². The summed E-state index contributed by atoms with van der Waals surface area (Å²) in [4.78, 5) is 13.6. The van der Waals surface area contributed by atoms with Gasteiger partial charge in [-0.15, -0.1) is 6.58 Å². The van der Waals surface area contributed by atoms with Gasteiger partial charge in [0.15, 0.2) is 0 Å². The summed E-state index contributed by atoms with van der Waals surface area (Å²) in [5, 5.41) is 0. The van der Waals surface area contributed by atoms with Gasteiger partial charge in [0.1, 0.15) is 5.60 Å². The standard InChI is InChI=1S/C14H25NO2/c1-11(2)8-9-15(10-12(3)4)13(16)17-14(5,6)7/h1,3,8-10H2,2,4-7H3. The molecule has 0 radical (unpaired) electrons. The van der Waals surface area contributed by atoms with E-state index in [0.29, 0.717) is 13.1 Å². The molecule has 0 atom stereocenters. The van der Waals surface area contributed by atoms with E-state index in [1.165, 1.54) is 0 Å². The van der Waals surface area contributed by atoms with Crippen LogP contribution in [0.15, 0.2) is 24.3 Å². The van der Waals surface area contributed by atoms with Crippen molar-refractivity contribution in [3.63, 3.8) is 0 Å². The molecular formula is C14H25NO2. The predicted octanol–water partition coefficient (Wildman–Crippen LogP) is 3.77. The molecule has 0 aromatic rings. The van der Waals surface area contributed by atoms with E-state index in [-0.39, 0.29) is 6.09 Å². The molecule has 0 aliphatic carbocycles. The van der Waals surface area contributed by atoms with Crippen molar-refractivity contribution >= 4 is 6.09 Å². The van der Waals surface area contributed by atoms with Crippen LogP contribution >= 0.6 is 0 Å². The Balaban J connectivity index is 4.50. The number of hydrogen-bond acceptors (Lipinski definition) is 2. The second-order valence-electron chi connectivity index (χ2n) is 5.57. The van der Waals surface area contributed by atoms with E-state index in [2.05, 4.69) is 13.2 Å². The van der Waals surface area contributed by atoms with Crippen molar-refractivity contribution in [1.82, 2.24) is 4.90 Å². The number of hydrogen-bond donors (Lipinski definition) is 0. The summed E-state index contributed by atoms with van der Waals surface area (Å²) in [7, 11) is 0. The van der Waals surface area contributed by atoms with Crippen LogP contribution in [-0.4, -0.2) is 29.7 Å². The lowest BCUT2D eigenvalue weighted by molar-refractivity contribution is 0.0269. The molecule has 3 nitrogen and oxygen atoms in total. The second kappa shape index (κ2) is 6.48. The molecule has 0 saturated carbocycles. The summed E-state index contributed by atoms with van der Waals surface area (Å²) < 4.78 is 5.35. The topological polar surface area (TPSA) is 29.5 Å². The molecule has 0 saturated heterocycles. The van der Waals surface area contributed by atoms with Crippen LogP contribution in [0.1, 0.15) is 41.0 Å². The minimum absolute atomic E-state index is 0.290. The lowest BCUT2D eigenvalue weighted by Gasteiger charge is -2.27. The lowest BCUT2D eigenvalue weighted by atomic mass is 10.2. The molecule has 0 aromatic heterocycles. The highest BCUT2D eigenvalue weighted by Crippen LogP contribution is 2.12. The molecule has 0 N–H and O–H groups in total. The van der Waals surface area contributed by atoms with Crippen LogP contribution in [0.5, 0.6) is 0 Å². The van der Waals surface area contributed by atoms with E-state index < -0.39 is 5.60 Å². The number of ether oxygens (including phenoxy) is 1. The largest absolute Gasteiger partial charge is 0.444 e. The van der Waals surface area contributed by atoms with E-state index in [0.717, 1.165) is 17.6 Å². The molecule has 0 spiro atoms. The van der Waals surface area contributed by atoms with Gasteiger partial charge in [-0.25, -0.2) is 4.79 Å². The first-order valence-corrected chi connectivity index (χ1v) is 5.88. The third-order valence-corrected chi connectivity index (χ3v) is 1.92. The molecule has 3 heteroatoms. The zero-order valence-electron chi connectivity index (χ0n) is 11.8. The minimum atomic E-state index is -0.465. The Morgan fingerprint density at radius 3 is 2.06 bits per heavy atom.